The van der Waals surface area contributed by atoms with E-state index >= 15 is 0 Å². The molecule has 2 fully saturated rings. The van der Waals surface area contributed by atoms with Crippen LogP contribution in [0.25, 0.3) is 0 Å². The maximum absolute atomic E-state index is 4.62. The smallest absolute Gasteiger partial charge is 0.151 e. The number of hydrogen-bond donors (Lipinski definition) is 1. The van der Waals surface area contributed by atoms with Crippen molar-refractivity contribution in [1.82, 2.24) is 9.88 Å². The van der Waals surface area contributed by atoms with Gasteiger partial charge in [0.25, 0.3) is 0 Å². The SMILES string of the molecule is CN1CCCC(Nc2cccnc2N2CCCC2)CC1. The number of nitrogens with one attached hydrogen (secondary N) is 1. The van der Waals surface area contributed by atoms with Crippen molar-refractivity contribution in [2.45, 2.75) is 38.1 Å². The van der Waals surface area contributed by atoms with Crippen LogP contribution in [0.15, 0.2) is 18.3 Å². The minimum atomic E-state index is 0.588. The Morgan fingerprint density at radius 3 is 2.80 bits per heavy atom. The molecule has 1 aromatic rings. The minimum absolute atomic E-state index is 0.588. The molecule has 1 unspecified atom stereocenters. The van der Waals surface area contributed by atoms with Gasteiger partial charge in [-0.2, -0.15) is 0 Å². The highest BCUT2D eigenvalue weighted by Crippen LogP contribution is 2.28. The monoisotopic (exact) mass is 274 g/mol. The summed E-state index contributed by atoms with van der Waals surface area (Å²) in [5, 5.41) is 3.76. The van der Waals surface area contributed by atoms with E-state index in [9.17, 15) is 0 Å². The number of anilines is 2. The quantitative estimate of drug-likeness (QED) is 0.918. The summed E-state index contributed by atoms with van der Waals surface area (Å²) in [6.07, 6.45) is 8.28. The average Bonchev–Trinajstić information content (AvgIpc) is 2.91. The molecule has 3 heterocycles. The van der Waals surface area contributed by atoms with Gasteiger partial charge in [0.1, 0.15) is 0 Å². The van der Waals surface area contributed by atoms with Crippen LogP contribution in [-0.4, -0.2) is 49.2 Å². The molecular weight excluding hydrogens is 248 g/mol. The lowest BCUT2D eigenvalue weighted by atomic mass is 10.1. The van der Waals surface area contributed by atoms with Crippen LogP contribution in [0.4, 0.5) is 11.5 Å². The first-order valence-corrected chi connectivity index (χ1v) is 7.98. The number of nitrogens with zero attached hydrogens (tertiary/aromatic N) is 3. The third kappa shape index (κ3) is 3.23. The van der Waals surface area contributed by atoms with Crippen molar-refractivity contribution < 1.29 is 0 Å². The third-order valence-corrected chi connectivity index (χ3v) is 4.50. The van der Waals surface area contributed by atoms with Gasteiger partial charge in [-0.25, -0.2) is 4.98 Å². The van der Waals surface area contributed by atoms with Crippen LogP contribution in [0.5, 0.6) is 0 Å². The molecule has 0 saturated carbocycles. The maximum Gasteiger partial charge on any atom is 0.151 e. The predicted octanol–water partition coefficient (Wildman–Crippen LogP) is 2.58. The number of hydrogen-bond acceptors (Lipinski definition) is 4. The van der Waals surface area contributed by atoms with Crippen molar-refractivity contribution in [2.24, 2.45) is 0 Å². The highest BCUT2D eigenvalue weighted by Gasteiger charge is 2.20. The molecule has 0 aromatic carbocycles. The van der Waals surface area contributed by atoms with Gasteiger partial charge in [0.15, 0.2) is 5.82 Å². The molecule has 2 aliphatic heterocycles. The topological polar surface area (TPSA) is 31.4 Å². The fraction of sp³-hybridized carbons (Fsp3) is 0.688. The van der Waals surface area contributed by atoms with Crippen molar-refractivity contribution in [3.8, 4) is 0 Å². The summed E-state index contributed by atoms with van der Waals surface area (Å²) >= 11 is 0. The summed E-state index contributed by atoms with van der Waals surface area (Å²) in [5.41, 5.74) is 1.23. The fourth-order valence-corrected chi connectivity index (χ4v) is 3.29. The van der Waals surface area contributed by atoms with E-state index in [1.165, 1.54) is 50.9 Å². The van der Waals surface area contributed by atoms with E-state index in [2.05, 4.69) is 33.2 Å². The number of pyridine rings is 1. The van der Waals surface area contributed by atoms with Gasteiger partial charge in [0.05, 0.1) is 5.69 Å². The van der Waals surface area contributed by atoms with Crippen LogP contribution in [0.1, 0.15) is 32.1 Å². The Morgan fingerprint density at radius 2 is 1.95 bits per heavy atom. The van der Waals surface area contributed by atoms with Gasteiger partial charge in [-0.3, -0.25) is 0 Å². The van der Waals surface area contributed by atoms with Crippen LogP contribution < -0.4 is 10.2 Å². The van der Waals surface area contributed by atoms with E-state index in [1.807, 2.05) is 12.3 Å². The van der Waals surface area contributed by atoms with Crippen molar-refractivity contribution in [3.63, 3.8) is 0 Å². The van der Waals surface area contributed by atoms with E-state index in [0.717, 1.165) is 18.9 Å². The Hall–Kier alpha value is -1.29. The Balaban J connectivity index is 1.70. The first-order valence-electron chi connectivity index (χ1n) is 7.98. The van der Waals surface area contributed by atoms with Gasteiger partial charge >= 0.3 is 0 Å². The molecule has 4 heteroatoms. The normalized spacial score (nSPS) is 24.6. The van der Waals surface area contributed by atoms with Crippen molar-refractivity contribution in [1.29, 1.82) is 0 Å². The molecule has 1 atom stereocenters. The fourth-order valence-electron chi connectivity index (χ4n) is 3.29. The van der Waals surface area contributed by atoms with Crippen LogP contribution >= 0.6 is 0 Å². The first-order chi connectivity index (χ1) is 9.83. The van der Waals surface area contributed by atoms with Gasteiger partial charge in [-0.1, -0.05) is 0 Å². The van der Waals surface area contributed by atoms with Gasteiger partial charge < -0.3 is 15.1 Å². The van der Waals surface area contributed by atoms with E-state index < -0.39 is 0 Å². The molecular formula is C16H26N4. The second kappa shape index (κ2) is 6.44. The van der Waals surface area contributed by atoms with Crippen LogP contribution in [0.3, 0.4) is 0 Å². The minimum Gasteiger partial charge on any atom is -0.379 e. The van der Waals surface area contributed by atoms with E-state index in [0.29, 0.717) is 6.04 Å². The lowest BCUT2D eigenvalue weighted by Gasteiger charge is -2.24. The second-order valence-electron chi connectivity index (χ2n) is 6.14. The average molecular weight is 274 g/mol. The van der Waals surface area contributed by atoms with E-state index in [1.54, 1.807) is 0 Å². The number of rotatable bonds is 3. The Labute approximate surface area is 122 Å². The Morgan fingerprint density at radius 1 is 1.10 bits per heavy atom. The zero-order chi connectivity index (χ0) is 13.8. The molecule has 0 radical (unpaired) electrons. The molecule has 1 aromatic heterocycles. The second-order valence-corrected chi connectivity index (χ2v) is 6.14. The standard InChI is InChI=1S/C16H26N4/c1-19-10-5-6-14(8-13-19)18-15-7-4-9-17-16(15)20-11-2-3-12-20/h4,7,9,14,18H,2-3,5-6,8,10-13H2,1H3. The molecule has 4 nitrogen and oxygen atoms in total. The van der Waals surface area contributed by atoms with Crippen molar-refractivity contribution in [3.05, 3.63) is 18.3 Å². The molecule has 20 heavy (non-hydrogen) atoms. The highest BCUT2D eigenvalue weighted by atomic mass is 15.2. The van der Waals surface area contributed by atoms with Crippen molar-refractivity contribution >= 4 is 11.5 Å². The van der Waals surface area contributed by atoms with E-state index in [4.69, 9.17) is 0 Å². The van der Waals surface area contributed by atoms with E-state index in [-0.39, 0.29) is 0 Å². The molecule has 2 saturated heterocycles. The summed E-state index contributed by atoms with van der Waals surface area (Å²) in [6, 6.07) is 4.82. The summed E-state index contributed by atoms with van der Waals surface area (Å²) in [6.45, 7) is 4.72. The van der Waals surface area contributed by atoms with Crippen LogP contribution in [0.2, 0.25) is 0 Å². The summed E-state index contributed by atoms with van der Waals surface area (Å²) in [5.74, 6) is 1.16. The Bertz CT molecular complexity index is 428. The largest absolute Gasteiger partial charge is 0.379 e. The molecule has 0 spiro atoms. The number of likely N-dealkylation sites (tertiary alicyclic amines) is 1. The first kappa shape index (κ1) is 13.7. The van der Waals surface area contributed by atoms with Crippen LogP contribution in [0, 0.1) is 0 Å². The molecule has 1 N–H and O–H groups in total. The molecule has 0 amide bonds. The lowest BCUT2D eigenvalue weighted by Crippen LogP contribution is -2.25. The summed E-state index contributed by atoms with van der Waals surface area (Å²) < 4.78 is 0. The van der Waals surface area contributed by atoms with Crippen molar-refractivity contribution in [2.75, 3.05) is 43.4 Å². The Kier molecular flexibility index (Phi) is 4.41. The maximum atomic E-state index is 4.62. The lowest BCUT2D eigenvalue weighted by molar-refractivity contribution is 0.348. The van der Waals surface area contributed by atoms with Gasteiger partial charge in [0.2, 0.25) is 0 Å². The highest BCUT2D eigenvalue weighted by molar-refractivity contribution is 5.66. The molecule has 3 rings (SSSR count). The molecule has 2 aliphatic rings. The summed E-state index contributed by atoms with van der Waals surface area (Å²) in [4.78, 5) is 9.48. The number of aromatic nitrogens is 1. The molecule has 110 valence electrons. The van der Waals surface area contributed by atoms with Gasteiger partial charge in [0, 0.05) is 25.3 Å². The predicted molar refractivity (Wildman–Crippen MR) is 84.4 cm³/mol. The molecule has 0 aliphatic carbocycles. The molecule has 0 bridgehead atoms. The van der Waals surface area contributed by atoms with Gasteiger partial charge in [-0.05, 0) is 64.4 Å². The van der Waals surface area contributed by atoms with Crippen LogP contribution in [-0.2, 0) is 0 Å². The summed E-state index contributed by atoms with van der Waals surface area (Å²) in [7, 11) is 2.22. The third-order valence-electron chi connectivity index (χ3n) is 4.50. The van der Waals surface area contributed by atoms with Gasteiger partial charge in [-0.15, -0.1) is 0 Å². The zero-order valence-electron chi connectivity index (χ0n) is 12.5. The zero-order valence-corrected chi connectivity index (χ0v) is 12.5.